The van der Waals surface area contributed by atoms with Gasteiger partial charge in [-0.05, 0) is 41.7 Å². The summed E-state index contributed by atoms with van der Waals surface area (Å²) < 4.78 is 5.89. The van der Waals surface area contributed by atoms with Gasteiger partial charge in [-0.15, -0.1) is 11.8 Å². The third-order valence-electron chi connectivity index (χ3n) is 4.08. The van der Waals surface area contributed by atoms with E-state index in [0.29, 0.717) is 13.0 Å². The Morgan fingerprint density at radius 2 is 1.73 bits per heavy atom. The average Bonchev–Trinajstić information content (AvgIpc) is 2.63. The number of thioether (sulfide) groups is 1. The number of hydrogen-bond acceptors (Lipinski definition) is 3. The fourth-order valence-electron chi connectivity index (χ4n) is 2.49. The average molecular weight is 372 g/mol. The molecule has 0 aliphatic carbocycles. The molecule has 26 heavy (non-hydrogen) atoms. The third-order valence-corrected chi connectivity index (χ3v) is 5.09. The Kier molecular flexibility index (Phi) is 7.58. The van der Waals surface area contributed by atoms with E-state index in [1.54, 1.807) is 11.8 Å². The first-order valence-electron chi connectivity index (χ1n) is 9.13. The van der Waals surface area contributed by atoms with E-state index >= 15 is 0 Å². The van der Waals surface area contributed by atoms with Crippen molar-refractivity contribution in [3.63, 3.8) is 0 Å². The van der Waals surface area contributed by atoms with Crippen LogP contribution in [0.5, 0.6) is 5.75 Å². The maximum Gasteiger partial charge on any atom is 0.261 e. The summed E-state index contributed by atoms with van der Waals surface area (Å²) in [4.78, 5) is 13.6. The molecule has 0 spiro atoms. The van der Waals surface area contributed by atoms with Crippen LogP contribution in [0.1, 0.15) is 39.7 Å². The van der Waals surface area contributed by atoms with Crippen LogP contribution in [0.4, 0.5) is 0 Å². The minimum atomic E-state index is -0.461. The highest BCUT2D eigenvalue weighted by Crippen LogP contribution is 2.25. The van der Waals surface area contributed by atoms with Crippen molar-refractivity contribution in [1.82, 2.24) is 5.32 Å². The monoisotopic (exact) mass is 371 g/mol. The molecule has 2 aromatic rings. The number of amides is 1. The number of nitrogens with one attached hydrogen (secondary N) is 1. The number of rotatable bonds is 8. The number of carbonyl (C=O) groups is 1. The van der Waals surface area contributed by atoms with Crippen LogP contribution in [0, 0.1) is 0 Å². The van der Waals surface area contributed by atoms with Crippen LogP contribution in [0.3, 0.4) is 0 Å². The van der Waals surface area contributed by atoms with Gasteiger partial charge in [-0.3, -0.25) is 4.79 Å². The van der Waals surface area contributed by atoms with Crippen LogP contribution >= 0.6 is 11.8 Å². The summed E-state index contributed by atoms with van der Waals surface area (Å²) in [5.41, 5.74) is 1.36. The molecule has 0 saturated heterocycles. The Balaban J connectivity index is 1.80. The van der Waals surface area contributed by atoms with Crippen LogP contribution in [0.2, 0.25) is 0 Å². The highest BCUT2D eigenvalue weighted by Gasteiger charge is 2.19. The van der Waals surface area contributed by atoms with Gasteiger partial charge >= 0.3 is 0 Å². The summed E-state index contributed by atoms with van der Waals surface area (Å²) in [6.45, 7) is 9.13. The molecule has 3 nitrogen and oxygen atoms in total. The molecular weight excluding hydrogens is 342 g/mol. The van der Waals surface area contributed by atoms with Gasteiger partial charge in [0.25, 0.3) is 5.91 Å². The highest BCUT2D eigenvalue weighted by molar-refractivity contribution is 7.99. The number of benzene rings is 2. The fourth-order valence-corrected chi connectivity index (χ4v) is 3.28. The lowest BCUT2D eigenvalue weighted by molar-refractivity contribution is -0.127. The van der Waals surface area contributed by atoms with E-state index in [-0.39, 0.29) is 11.3 Å². The second kappa shape index (κ2) is 9.67. The van der Waals surface area contributed by atoms with Gasteiger partial charge in [0, 0.05) is 17.2 Å². The lowest BCUT2D eigenvalue weighted by Crippen LogP contribution is -2.39. The molecule has 0 aromatic heterocycles. The summed E-state index contributed by atoms with van der Waals surface area (Å²) in [7, 11) is 0. The van der Waals surface area contributed by atoms with Crippen molar-refractivity contribution >= 4 is 17.7 Å². The predicted molar refractivity (Wildman–Crippen MR) is 110 cm³/mol. The molecule has 1 atom stereocenters. The molecule has 0 fully saturated rings. The van der Waals surface area contributed by atoms with Crippen LogP contribution in [0.15, 0.2) is 59.5 Å². The van der Waals surface area contributed by atoms with Gasteiger partial charge < -0.3 is 10.1 Å². The number of hydrogen-bond donors (Lipinski definition) is 1. The van der Waals surface area contributed by atoms with E-state index < -0.39 is 6.10 Å². The Morgan fingerprint density at radius 1 is 1.08 bits per heavy atom. The van der Waals surface area contributed by atoms with Crippen molar-refractivity contribution in [1.29, 1.82) is 0 Å². The molecular formula is C22H29NO2S. The first-order valence-corrected chi connectivity index (χ1v) is 10.1. The van der Waals surface area contributed by atoms with E-state index in [4.69, 9.17) is 4.74 Å². The topological polar surface area (TPSA) is 38.3 Å². The van der Waals surface area contributed by atoms with Crippen LogP contribution in [-0.2, 0) is 10.2 Å². The Labute approximate surface area is 161 Å². The zero-order valence-corrected chi connectivity index (χ0v) is 16.9. The second-order valence-corrected chi connectivity index (χ2v) is 8.41. The summed E-state index contributed by atoms with van der Waals surface area (Å²) in [6, 6.07) is 18.2. The molecule has 0 saturated carbocycles. The van der Waals surface area contributed by atoms with Crippen molar-refractivity contribution in [3.8, 4) is 5.75 Å². The van der Waals surface area contributed by atoms with E-state index in [2.05, 4.69) is 50.4 Å². The van der Waals surface area contributed by atoms with E-state index in [1.807, 2.05) is 37.3 Å². The van der Waals surface area contributed by atoms with E-state index in [9.17, 15) is 4.79 Å². The van der Waals surface area contributed by atoms with Gasteiger partial charge in [0.2, 0.25) is 0 Å². The van der Waals surface area contributed by atoms with Crippen molar-refractivity contribution in [2.45, 2.75) is 50.5 Å². The lowest BCUT2D eigenvalue weighted by Gasteiger charge is -2.21. The van der Waals surface area contributed by atoms with E-state index in [1.165, 1.54) is 10.5 Å². The molecule has 2 aromatic carbocycles. The van der Waals surface area contributed by atoms with Crippen LogP contribution in [-0.4, -0.2) is 24.3 Å². The quantitative estimate of drug-likeness (QED) is 0.521. The van der Waals surface area contributed by atoms with Crippen LogP contribution in [0.25, 0.3) is 0 Å². The van der Waals surface area contributed by atoms with Crippen molar-refractivity contribution in [2.24, 2.45) is 0 Å². The van der Waals surface area contributed by atoms with Gasteiger partial charge in [-0.1, -0.05) is 58.0 Å². The molecule has 0 bridgehead atoms. The van der Waals surface area contributed by atoms with Gasteiger partial charge in [-0.25, -0.2) is 0 Å². The Morgan fingerprint density at radius 3 is 2.31 bits per heavy atom. The summed E-state index contributed by atoms with van der Waals surface area (Å²) in [6.07, 6.45) is 0.177. The maximum atomic E-state index is 12.4. The fraction of sp³-hybridized carbons (Fsp3) is 0.409. The first-order chi connectivity index (χ1) is 12.4. The summed E-state index contributed by atoms with van der Waals surface area (Å²) >= 11 is 1.73. The smallest absolute Gasteiger partial charge is 0.261 e. The molecule has 0 aliphatic heterocycles. The minimum absolute atomic E-state index is 0.0546. The van der Waals surface area contributed by atoms with E-state index in [0.717, 1.165) is 11.5 Å². The minimum Gasteiger partial charge on any atom is -0.481 e. The molecule has 1 amide bonds. The Bertz CT molecular complexity index is 678. The zero-order chi connectivity index (χ0) is 19.0. The SMILES string of the molecule is CC[C@@H](Oc1ccc(C(C)(C)C)cc1)C(=O)NCCSc1ccccc1. The summed E-state index contributed by atoms with van der Waals surface area (Å²) in [5, 5.41) is 2.98. The second-order valence-electron chi connectivity index (χ2n) is 7.24. The van der Waals surface area contributed by atoms with Gasteiger partial charge in [0.1, 0.15) is 5.75 Å². The number of carbonyl (C=O) groups excluding carboxylic acids is 1. The van der Waals surface area contributed by atoms with Crippen molar-refractivity contribution in [2.75, 3.05) is 12.3 Å². The molecule has 0 unspecified atom stereocenters. The zero-order valence-electron chi connectivity index (χ0n) is 16.1. The molecule has 4 heteroatoms. The molecule has 1 N–H and O–H groups in total. The lowest BCUT2D eigenvalue weighted by atomic mass is 9.87. The standard InChI is InChI=1S/C22H29NO2S/c1-5-20(25-18-13-11-17(12-14-18)22(2,3)4)21(24)23-15-16-26-19-9-7-6-8-10-19/h6-14,20H,5,15-16H2,1-4H3,(H,23,24)/t20-/m1/s1. The van der Waals surface area contributed by atoms with Crippen molar-refractivity contribution < 1.29 is 9.53 Å². The van der Waals surface area contributed by atoms with Gasteiger partial charge in [-0.2, -0.15) is 0 Å². The normalized spacial score (nSPS) is 12.5. The molecule has 0 heterocycles. The molecule has 0 radical (unpaired) electrons. The summed E-state index contributed by atoms with van der Waals surface area (Å²) in [5.74, 6) is 1.52. The predicted octanol–water partition coefficient (Wildman–Crippen LogP) is 5.05. The largest absolute Gasteiger partial charge is 0.481 e. The van der Waals surface area contributed by atoms with Gasteiger partial charge in [0.15, 0.2) is 6.10 Å². The van der Waals surface area contributed by atoms with Crippen molar-refractivity contribution in [3.05, 3.63) is 60.2 Å². The van der Waals surface area contributed by atoms with Gasteiger partial charge in [0.05, 0.1) is 0 Å². The molecule has 2 rings (SSSR count). The first kappa shape index (κ1) is 20.4. The highest BCUT2D eigenvalue weighted by atomic mass is 32.2. The Hall–Kier alpha value is -1.94. The number of ether oxygens (including phenoxy) is 1. The third kappa shape index (κ3) is 6.41. The molecule has 140 valence electrons. The molecule has 0 aliphatic rings. The van der Waals surface area contributed by atoms with Crippen LogP contribution < -0.4 is 10.1 Å². The maximum absolute atomic E-state index is 12.4.